The van der Waals surface area contributed by atoms with Crippen LogP contribution in [-0.4, -0.2) is 25.2 Å². The normalized spacial score (nSPS) is 22.4. The Morgan fingerprint density at radius 2 is 2.16 bits per heavy atom. The van der Waals surface area contributed by atoms with Crippen molar-refractivity contribution in [3.05, 3.63) is 29.8 Å². The fourth-order valence-electron chi connectivity index (χ4n) is 2.40. The summed E-state index contributed by atoms with van der Waals surface area (Å²) >= 11 is 5.56. The summed E-state index contributed by atoms with van der Waals surface area (Å²) in [6, 6.07) is 7.87. The van der Waals surface area contributed by atoms with Gasteiger partial charge in [-0.15, -0.1) is 11.6 Å². The van der Waals surface area contributed by atoms with Crippen molar-refractivity contribution in [3.8, 4) is 17.6 Å². The highest BCUT2D eigenvalue weighted by atomic mass is 35.5. The molecule has 1 aliphatic rings. The molecule has 1 aromatic carbocycles. The fraction of sp³-hybridized carbons (Fsp3) is 0.500. The van der Waals surface area contributed by atoms with E-state index in [2.05, 4.69) is 11.8 Å². The molecule has 0 radical (unpaired) electrons. The van der Waals surface area contributed by atoms with E-state index in [1.165, 1.54) is 0 Å². The van der Waals surface area contributed by atoms with Gasteiger partial charge in [-0.2, -0.15) is 0 Å². The molecule has 2 unspecified atom stereocenters. The van der Waals surface area contributed by atoms with E-state index < -0.39 is 0 Å². The highest BCUT2D eigenvalue weighted by Gasteiger charge is 2.22. The molecule has 1 saturated carbocycles. The van der Waals surface area contributed by atoms with Crippen molar-refractivity contribution in [1.29, 1.82) is 0 Å². The van der Waals surface area contributed by atoms with Gasteiger partial charge in [0.2, 0.25) is 0 Å². The average molecular weight is 279 g/mol. The molecule has 1 aliphatic carbocycles. The number of halogens is 1. The molecular formula is C16H19ClO2. The van der Waals surface area contributed by atoms with E-state index in [1.54, 1.807) is 7.11 Å². The third-order valence-corrected chi connectivity index (χ3v) is 3.48. The van der Waals surface area contributed by atoms with Gasteiger partial charge in [-0.1, -0.05) is 17.9 Å². The lowest BCUT2D eigenvalue weighted by atomic mass is 9.95. The number of alkyl halides is 1. The standard InChI is InChI=1S/C16H19ClO2/c1-18-14-7-3-9-16(12-14)19-15-8-2-5-13(11-15)6-4-10-17/h2,5,8,11,14,16H,3,7,9-10,12H2,1H3. The molecule has 2 atom stereocenters. The summed E-state index contributed by atoms with van der Waals surface area (Å²) in [7, 11) is 1.77. The van der Waals surface area contributed by atoms with Crippen LogP contribution in [0.15, 0.2) is 24.3 Å². The molecular weight excluding hydrogens is 260 g/mol. The Morgan fingerprint density at radius 1 is 1.32 bits per heavy atom. The summed E-state index contributed by atoms with van der Waals surface area (Å²) in [6.07, 6.45) is 4.94. The predicted molar refractivity (Wildman–Crippen MR) is 77.7 cm³/mol. The van der Waals surface area contributed by atoms with Gasteiger partial charge in [-0.05, 0) is 37.5 Å². The molecule has 1 aromatic rings. The van der Waals surface area contributed by atoms with Crippen LogP contribution in [0.1, 0.15) is 31.2 Å². The van der Waals surface area contributed by atoms with Crippen LogP contribution >= 0.6 is 11.6 Å². The van der Waals surface area contributed by atoms with Crippen molar-refractivity contribution >= 4 is 11.6 Å². The van der Waals surface area contributed by atoms with Gasteiger partial charge in [-0.3, -0.25) is 0 Å². The summed E-state index contributed by atoms with van der Waals surface area (Å²) < 4.78 is 11.4. The number of ether oxygens (including phenoxy) is 2. The maximum absolute atomic E-state index is 6.03. The number of hydrogen-bond acceptors (Lipinski definition) is 2. The molecule has 102 valence electrons. The minimum atomic E-state index is 0.245. The second-order valence-corrected chi connectivity index (χ2v) is 4.99. The van der Waals surface area contributed by atoms with Crippen molar-refractivity contribution in [2.75, 3.05) is 13.0 Å². The van der Waals surface area contributed by atoms with Crippen LogP contribution in [0.2, 0.25) is 0 Å². The third-order valence-electron chi connectivity index (χ3n) is 3.35. The molecule has 2 rings (SSSR count). The Kier molecular flexibility index (Phi) is 5.57. The Hall–Kier alpha value is -1.17. The maximum atomic E-state index is 6.03. The zero-order chi connectivity index (χ0) is 13.5. The zero-order valence-corrected chi connectivity index (χ0v) is 12.0. The van der Waals surface area contributed by atoms with E-state index >= 15 is 0 Å². The molecule has 2 nitrogen and oxygen atoms in total. The molecule has 0 N–H and O–H groups in total. The summed E-state index contributed by atoms with van der Waals surface area (Å²) in [5, 5.41) is 0. The number of rotatable bonds is 3. The van der Waals surface area contributed by atoms with Gasteiger partial charge in [0.1, 0.15) is 11.9 Å². The number of hydrogen-bond donors (Lipinski definition) is 0. The Morgan fingerprint density at radius 3 is 2.95 bits per heavy atom. The molecule has 0 aliphatic heterocycles. The first kappa shape index (κ1) is 14.2. The second kappa shape index (κ2) is 7.43. The van der Waals surface area contributed by atoms with Crippen LogP contribution < -0.4 is 4.74 Å². The summed E-state index contributed by atoms with van der Waals surface area (Å²) in [4.78, 5) is 0. The highest BCUT2D eigenvalue weighted by Crippen LogP contribution is 2.25. The third kappa shape index (κ3) is 4.45. The van der Waals surface area contributed by atoms with Crippen molar-refractivity contribution in [3.63, 3.8) is 0 Å². The summed E-state index contributed by atoms with van der Waals surface area (Å²) in [5.74, 6) is 7.09. The molecule has 3 heteroatoms. The first-order chi connectivity index (χ1) is 9.31. The second-order valence-electron chi connectivity index (χ2n) is 4.73. The molecule has 19 heavy (non-hydrogen) atoms. The fourth-order valence-corrected chi connectivity index (χ4v) is 2.47. The van der Waals surface area contributed by atoms with Crippen LogP contribution in [0, 0.1) is 11.8 Å². The maximum Gasteiger partial charge on any atom is 0.120 e. The van der Waals surface area contributed by atoms with Gasteiger partial charge < -0.3 is 9.47 Å². The molecule has 0 spiro atoms. The highest BCUT2D eigenvalue weighted by molar-refractivity contribution is 6.19. The van der Waals surface area contributed by atoms with E-state index in [-0.39, 0.29) is 6.10 Å². The smallest absolute Gasteiger partial charge is 0.120 e. The SMILES string of the molecule is COC1CCCC(Oc2cccc(C#CCCl)c2)C1. The topological polar surface area (TPSA) is 18.5 Å². The number of benzene rings is 1. The van der Waals surface area contributed by atoms with Gasteiger partial charge >= 0.3 is 0 Å². The van der Waals surface area contributed by atoms with Gasteiger partial charge in [-0.25, -0.2) is 0 Å². The van der Waals surface area contributed by atoms with Gasteiger partial charge in [0.15, 0.2) is 0 Å². The van der Waals surface area contributed by atoms with Crippen molar-refractivity contribution in [1.82, 2.24) is 0 Å². The first-order valence-electron chi connectivity index (χ1n) is 6.66. The van der Waals surface area contributed by atoms with Crippen LogP contribution in [0.5, 0.6) is 5.75 Å². The van der Waals surface area contributed by atoms with E-state index in [0.717, 1.165) is 37.0 Å². The van der Waals surface area contributed by atoms with E-state index in [1.807, 2.05) is 24.3 Å². The molecule has 0 bridgehead atoms. The lowest BCUT2D eigenvalue weighted by molar-refractivity contribution is 0.0209. The van der Waals surface area contributed by atoms with Crippen molar-refractivity contribution in [2.45, 2.75) is 37.9 Å². The van der Waals surface area contributed by atoms with Gasteiger partial charge in [0.25, 0.3) is 0 Å². The lowest BCUT2D eigenvalue weighted by Crippen LogP contribution is -2.29. The summed E-state index contributed by atoms with van der Waals surface area (Å²) in [5.41, 5.74) is 0.942. The number of methoxy groups -OCH3 is 1. The van der Waals surface area contributed by atoms with Gasteiger partial charge in [0.05, 0.1) is 12.0 Å². The predicted octanol–water partition coefficient (Wildman–Crippen LogP) is 3.61. The largest absolute Gasteiger partial charge is 0.490 e. The quantitative estimate of drug-likeness (QED) is 0.621. The van der Waals surface area contributed by atoms with Crippen molar-refractivity contribution < 1.29 is 9.47 Å². The van der Waals surface area contributed by atoms with E-state index in [4.69, 9.17) is 21.1 Å². The molecule has 0 heterocycles. The Bertz CT molecular complexity index is 461. The minimum absolute atomic E-state index is 0.245. The molecule has 0 saturated heterocycles. The Labute approximate surface area is 120 Å². The van der Waals surface area contributed by atoms with Crippen molar-refractivity contribution in [2.24, 2.45) is 0 Å². The molecule has 1 fully saturated rings. The van der Waals surface area contributed by atoms with Crippen LogP contribution in [0.25, 0.3) is 0 Å². The monoisotopic (exact) mass is 278 g/mol. The van der Waals surface area contributed by atoms with Gasteiger partial charge in [0, 0.05) is 19.1 Å². The first-order valence-corrected chi connectivity index (χ1v) is 7.19. The molecule has 0 aromatic heterocycles. The van der Waals surface area contributed by atoms with E-state index in [9.17, 15) is 0 Å². The van der Waals surface area contributed by atoms with Crippen LogP contribution in [0.3, 0.4) is 0 Å². The Balaban J connectivity index is 1.98. The van der Waals surface area contributed by atoms with Crippen LogP contribution in [0.4, 0.5) is 0 Å². The summed E-state index contributed by atoms with van der Waals surface area (Å²) in [6.45, 7) is 0. The molecule has 0 amide bonds. The zero-order valence-electron chi connectivity index (χ0n) is 11.2. The van der Waals surface area contributed by atoms with Crippen LogP contribution in [-0.2, 0) is 4.74 Å². The average Bonchev–Trinajstić information content (AvgIpc) is 2.46. The minimum Gasteiger partial charge on any atom is -0.490 e. The van der Waals surface area contributed by atoms with E-state index in [0.29, 0.717) is 12.0 Å². The lowest BCUT2D eigenvalue weighted by Gasteiger charge is -2.28.